The number of ether oxygens (including phenoxy) is 1. The molecule has 2 aromatic carbocycles. The Morgan fingerprint density at radius 1 is 1.11 bits per heavy atom. The highest BCUT2D eigenvalue weighted by Gasteiger charge is 2.26. The van der Waals surface area contributed by atoms with Crippen molar-refractivity contribution in [2.45, 2.75) is 32.9 Å². The first-order valence-corrected chi connectivity index (χ1v) is 9.76. The predicted molar refractivity (Wildman–Crippen MR) is 112 cm³/mol. The molecule has 2 rings (SSSR count). The fourth-order valence-corrected chi connectivity index (χ4v) is 3.32. The molecule has 0 aromatic heterocycles. The van der Waals surface area contributed by atoms with Crippen molar-refractivity contribution in [1.82, 2.24) is 10.2 Å². The molecule has 0 radical (unpaired) electrons. The Balaban J connectivity index is 2.27. The topological polar surface area (TPSA) is 58.6 Å². The highest BCUT2D eigenvalue weighted by atomic mass is 35.5. The van der Waals surface area contributed by atoms with Crippen molar-refractivity contribution in [2.75, 3.05) is 13.7 Å². The summed E-state index contributed by atoms with van der Waals surface area (Å²) in [5, 5.41) is 3.62. The van der Waals surface area contributed by atoms with Gasteiger partial charge in [0.25, 0.3) is 0 Å². The number of halogens is 2. The Hall–Kier alpha value is -2.24. The number of hydrogen-bond donors (Lipinski definition) is 1. The Labute approximate surface area is 175 Å². The second-order valence-corrected chi connectivity index (χ2v) is 7.13. The van der Waals surface area contributed by atoms with Crippen LogP contribution in [0.3, 0.4) is 0 Å². The fraction of sp³-hybridized carbons (Fsp3) is 0.333. The van der Waals surface area contributed by atoms with Crippen LogP contribution in [-0.4, -0.2) is 36.4 Å². The molecule has 0 aliphatic rings. The Morgan fingerprint density at radius 2 is 1.71 bits per heavy atom. The van der Waals surface area contributed by atoms with Crippen LogP contribution in [0.5, 0.6) is 5.75 Å². The van der Waals surface area contributed by atoms with E-state index in [4.69, 9.17) is 27.9 Å². The third-order valence-electron chi connectivity index (χ3n) is 4.42. The van der Waals surface area contributed by atoms with E-state index in [0.29, 0.717) is 22.2 Å². The zero-order chi connectivity index (χ0) is 20.7. The normalized spacial score (nSPS) is 11.6. The van der Waals surface area contributed by atoms with Gasteiger partial charge in [-0.2, -0.15) is 0 Å². The minimum Gasteiger partial charge on any atom is -0.497 e. The lowest BCUT2D eigenvalue weighted by molar-refractivity contribution is -0.140. The highest BCUT2D eigenvalue weighted by Crippen LogP contribution is 2.26. The average molecular weight is 423 g/mol. The lowest BCUT2D eigenvalue weighted by Gasteiger charge is -2.29. The molecule has 0 aliphatic carbocycles. The van der Waals surface area contributed by atoms with Crippen molar-refractivity contribution in [3.8, 4) is 5.75 Å². The summed E-state index contributed by atoms with van der Waals surface area (Å²) in [7, 11) is 1.59. The molecule has 1 atom stereocenters. The number of methoxy groups -OCH3 is 1. The minimum absolute atomic E-state index is 0.0123. The lowest BCUT2D eigenvalue weighted by atomic mass is 10.1. The maximum Gasteiger partial charge on any atom is 0.242 e. The number of carbonyl (C=O) groups excluding carboxylic acids is 2. The van der Waals surface area contributed by atoms with Crippen molar-refractivity contribution in [2.24, 2.45) is 0 Å². The van der Waals surface area contributed by atoms with E-state index < -0.39 is 6.04 Å². The molecule has 150 valence electrons. The number of rotatable bonds is 8. The Kier molecular flexibility index (Phi) is 8.15. The van der Waals surface area contributed by atoms with E-state index in [9.17, 15) is 9.59 Å². The van der Waals surface area contributed by atoms with Crippen molar-refractivity contribution >= 4 is 35.0 Å². The maximum absolute atomic E-state index is 13.1. The first kappa shape index (κ1) is 22.1. The van der Waals surface area contributed by atoms with Crippen LogP contribution in [0.2, 0.25) is 10.0 Å². The predicted octanol–water partition coefficient (Wildman–Crippen LogP) is 4.10. The Bertz CT molecular complexity index is 805. The van der Waals surface area contributed by atoms with Gasteiger partial charge in [-0.3, -0.25) is 9.59 Å². The molecule has 0 heterocycles. The zero-order valence-corrected chi connectivity index (χ0v) is 17.7. The quantitative estimate of drug-likeness (QED) is 0.696. The van der Waals surface area contributed by atoms with Crippen LogP contribution >= 0.6 is 23.2 Å². The summed E-state index contributed by atoms with van der Waals surface area (Å²) in [6.45, 7) is 4.32. The average Bonchev–Trinajstić information content (AvgIpc) is 2.69. The Morgan fingerprint density at radius 3 is 2.25 bits per heavy atom. The van der Waals surface area contributed by atoms with Gasteiger partial charge in [-0.05, 0) is 49.2 Å². The van der Waals surface area contributed by atoms with Gasteiger partial charge < -0.3 is 15.0 Å². The summed E-state index contributed by atoms with van der Waals surface area (Å²) in [6.07, 6.45) is 0.0123. The molecule has 2 aromatic rings. The van der Waals surface area contributed by atoms with E-state index in [1.807, 2.05) is 31.2 Å². The first-order chi connectivity index (χ1) is 13.4. The van der Waals surface area contributed by atoms with Gasteiger partial charge in [0.15, 0.2) is 0 Å². The second-order valence-electron chi connectivity index (χ2n) is 6.32. The van der Waals surface area contributed by atoms with E-state index >= 15 is 0 Å². The van der Waals surface area contributed by atoms with Crippen molar-refractivity contribution in [3.05, 3.63) is 63.6 Å². The summed E-state index contributed by atoms with van der Waals surface area (Å²) >= 11 is 12.4. The number of carbonyl (C=O) groups is 2. The van der Waals surface area contributed by atoms with Gasteiger partial charge in [-0.15, -0.1) is 0 Å². The van der Waals surface area contributed by atoms with Gasteiger partial charge >= 0.3 is 0 Å². The molecule has 28 heavy (non-hydrogen) atoms. The number of benzene rings is 2. The van der Waals surface area contributed by atoms with Crippen LogP contribution in [0.1, 0.15) is 25.0 Å². The van der Waals surface area contributed by atoms with Gasteiger partial charge in [-0.1, -0.05) is 41.4 Å². The van der Waals surface area contributed by atoms with Crippen molar-refractivity contribution in [1.29, 1.82) is 0 Å². The number of hydrogen-bond acceptors (Lipinski definition) is 3. The number of nitrogens with one attached hydrogen (secondary N) is 1. The van der Waals surface area contributed by atoms with Crippen LogP contribution in [0.15, 0.2) is 42.5 Å². The molecule has 0 unspecified atom stereocenters. The van der Waals surface area contributed by atoms with Crippen molar-refractivity contribution < 1.29 is 14.3 Å². The molecular weight excluding hydrogens is 399 g/mol. The van der Waals surface area contributed by atoms with Gasteiger partial charge in [0.1, 0.15) is 11.8 Å². The van der Waals surface area contributed by atoms with E-state index in [1.165, 1.54) is 4.90 Å². The molecule has 0 saturated heterocycles. The number of likely N-dealkylation sites (N-methyl/N-ethyl adjacent to an activating group) is 1. The first-order valence-electron chi connectivity index (χ1n) is 9.00. The monoisotopic (exact) mass is 422 g/mol. The molecule has 0 aliphatic heterocycles. The molecule has 0 fully saturated rings. The third kappa shape index (κ3) is 5.63. The lowest BCUT2D eigenvalue weighted by Crippen LogP contribution is -2.48. The number of amides is 2. The summed E-state index contributed by atoms with van der Waals surface area (Å²) in [6, 6.07) is 11.8. The molecule has 1 N–H and O–H groups in total. The van der Waals surface area contributed by atoms with E-state index in [2.05, 4.69) is 5.32 Å². The van der Waals surface area contributed by atoms with Crippen LogP contribution < -0.4 is 10.1 Å². The van der Waals surface area contributed by atoms with Gasteiger partial charge in [0.05, 0.1) is 13.5 Å². The van der Waals surface area contributed by atoms with E-state index in [1.54, 1.807) is 32.2 Å². The van der Waals surface area contributed by atoms with Gasteiger partial charge in [-0.25, -0.2) is 0 Å². The summed E-state index contributed by atoms with van der Waals surface area (Å²) in [5.41, 5.74) is 1.44. The summed E-state index contributed by atoms with van der Waals surface area (Å²) in [4.78, 5) is 27.0. The van der Waals surface area contributed by atoms with Gasteiger partial charge in [0, 0.05) is 23.1 Å². The summed E-state index contributed by atoms with van der Waals surface area (Å²) in [5.74, 6) is 0.278. The van der Waals surface area contributed by atoms with Crippen LogP contribution in [0.4, 0.5) is 0 Å². The van der Waals surface area contributed by atoms with E-state index in [-0.39, 0.29) is 24.8 Å². The van der Waals surface area contributed by atoms with Gasteiger partial charge in [0.2, 0.25) is 11.8 Å². The SMILES string of the molecule is CCNC(=O)[C@@H](C)N(Cc1ccc(OC)cc1)C(=O)Cc1c(Cl)cccc1Cl. The third-order valence-corrected chi connectivity index (χ3v) is 5.13. The molecule has 7 heteroatoms. The molecule has 2 amide bonds. The van der Waals surface area contributed by atoms with Crippen LogP contribution in [0, 0.1) is 0 Å². The van der Waals surface area contributed by atoms with Crippen molar-refractivity contribution in [3.63, 3.8) is 0 Å². The fourth-order valence-electron chi connectivity index (χ4n) is 2.79. The molecule has 0 spiro atoms. The zero-order valence-electron chi connectivity index (χ0n) is 16.2. The molecule has 0 bridgehead atoms. The maximum atomic E-state index is 13.1. The second kappa shape index (κ2) is 10.3. The molecule has 5 nitrogen and oxygen atoms in total. The largest absolute Gasteiger partial charge is 0.497 e. The van der Waals surface area contributed by atoms with Crippen LogP contribution in [0.25, 0.3) is 0 Å². The standard InChI is InChI=1S/C21H24Cl2N2O3/c1-4-24-21(27)14(2)25(13-15-8-10-16(28-3)11-9-15)20(26)12-17-18(22)6-5-7-19(17)23/h5-11,14H,4,12-13H2,1-3H3,(H,24,27)/t14-/m1/s1. The number of nitrogens with zero attached hydrogens (tertiary/aromatic N) is 1. The molecule has 0 saturated carbocycles. The van der Waals surface area contributed by atoms with E-state index in [0.717, 1.165) is 11.3 Å². The minimum atomic E-state index is -0.643. The summed E-state index contributed by atoms with van der Waals surface area (Å²) < 4.78 is 5.17. The smallest absolute Gasteiger partial charge is 0.242 e. The molecular formula is C21H24Cl2N2O3. The highest BCUT2D eigenvalue weighted by molar-refractivity contribution is 6.36. The van der Waals surface area contributed by atoms with Crippen LogP contribution in [-0.2, 0) is 22.6 Å².